The molecule has 0 unspecified atom stereocenters. The van der Waals surface area contributed by atoms with Crippen LogP contribution in [0.1, 0.15) is 38.7 Å². The molecule has 2 nitrogen and oxygen atoms in total. The van der Waals surface area contributed by atoms with E-state index in [4.69, 9.17) is 4.99 Å². The average molecular weight is 270 g/mol. The van der Waals surface area contributed by atoms with Crippen LogP contribution in [-0.4, -0.2) is 30.2 Å². The van der Waals surface area contributed by atoms with Crippen molar-refractivity contribution < 1.29 is 0 Å². The van der Waals surface area contributed by atoms with E-state index in [1.54, 1.807) is 0 Å². The van der Waals surface area contributed by atoms with Gasteiger partial charge in [-0.25, -0.2) is 0 Å². The van der Waals surface area contributed by atoms with Crippen LogP contribution < -0.4 is 0 Å². The van der Waals surface area contributed by atoms with Gasteiger partial charge in [-0.15, -0.1) is 0 Å². The van der Waals surface area contributed by atoms with Crippen LogP contribution in [-0.2, 0) is 0 Å². The van der Waals surface area contributed by atoms with E-state index in [0.717, 1.165) is 18.7 Å². The summed E-state index contributed by atoms with van der Waals surface area (Å²) in [6, 6.07) is 8.85. The van der Waals surface area contributed by atoms with Crippen molar-refractivity contribution >= 4 is 11.9 Å². The summed E-state index contributed by atoms with van der Waals surface area (Å²) in [5.74, 6) is 0. The van der Waals surface area contributed by atoms with E-state index >= 15 is 0 Å². The van der Waals surface area contributed by atoms with E-state index in [9.17, 15) is 0 Å². The predicted molar refractivity (Wildman–Crippen MR) is 88.0 cm³/mol. The molecule has 0 amide bonds. The Labute approximate surface area is 123 Å². The lowest BCUT2D eigenvalue weighted by atomic mass is 10.2. The number of allylic oxidation sites excluding steroid dienone is 1. The van der Waals surface area contributed by atoms with Gasteiger partial charge in [0.1, 0.15) is 0 Å². The first kappa shape index (κ1) is 15.0. The number of hydrogen-bond donors (Lipinski definition) is 0. The first-order valence-corrected chi connectivity index (χ1v) is 7.64. The molecule has 1 atom stereocenters. The molecule has 1 fully saturated rings. The Kier molecular flexibility index (Phi) is 5.54. The van der Waals surface area contributed by atoms with Crippen molar-refractivity contribution in [1.29, 1.82) is 0 Å². The highest BCUT2D eigenvalue weighted by molar-refractivity contribution is 5.70. The van der Waals surface area contributed by atoms with Gasteiger partial charge >= 0.3 is 0 Å². The summed E-state index contributed by atoms with van der Waals surface area (Å²) in [6.45, 7) is 8.81. The first-order chi connectivity index (χ1) is 9.66. The second-order valence-corrected chi connectivity index (χ2v) is 5.88. The molecular formula is C18H26N2. The molecule has 2 rings (SSSR count). The monoisotopic (exact) mass is 270 g/mol. The normalized spacial score (nSPS) is 19.6. The van der Waals surface area contributed by atoms with Crippen LogP contribution in [0.5, 0.6) is 0 Å². The number of aliphatic imine (C=N–C) groups is 1. The molecule has 0 saturated carbocycles. The Hall–Kier alpha value is -1.41. The summed E-state index contributed by atoms with van der Waals surface area (Å²) in [5, 5.41) is 0. The molecule has 0 spiro atoms. The Morgan fingerprint density at radius 2 is 2.15 bits per heavy atom. The maximum atomic E-state index is 4.70. The van der Waals surface area contributed by atoms with Crippen LogP contribution >= 0.6 is 0 Å². The van der Waals surface area contributed by atoms with Crippen molar-refractivity contribution in [2.24, 2.45) is 4.99 Å². The van der Waals surface area contributed by atoms with E-state index in [2.05, 4.69) is 62.2 Å². The molecule has 0 radical (unpaired) electrons. The quantitative estimate of drug-likeness (QED) is 0.567. The summed E-state index contributed by atoms with van der Waals surface area (Å²) in [5.41, 5.74) is 3.76. The summed E-state index contributed by atoms with van der Waals surface area (Å²) < 4.78 is 0. The molecule has 20 heavy (non-hydrogen) atoms. The molecule has 1 saturated heterocycles. The Bertz CT molecular complexity index is 484. The molecule has 2 heteroatoms. The van der Waals surface area contributed by atoms with Gasteiger partial charge in [0.2, 0.25) is 0 Å². The zero-order chi connectivity index (χ0) is 14.4. The van der Waals surface area contributed by atoms with Gasteiger partial charge in [0.05, 0.1) is 5.69 Å². The molecule has 108 valence electrons. The summed E-state index contributed by atoms with van der Waals surface area (Å²) >= 11 is 0. The van der Waals surface area contributed by atoms with Crippen molar-refractivity contribution in [3.63, 3.8) is 0 Å². The fourth-order valence-corrected chi connectivity index (χ4v) is 2.69. The SMILES string of the molecule is CC(C)=CCCN1CCC[C@H]1C=Nc1ccccc1C. The standard InChI is InChI=1S/C18H26N2/c1-15(2)8-6-12-20-13-7-10-17(20)14-19-18-11-5-4-9-16(18)3/h4-5,8-9,11,14,17H,6-7,10,12-13H2,1-3H3/t17-/m0/s1. The zero-order valence-electron chi connectivity index (χ0n) is 13.0. The largest absolute Gasteiger partial charge is 0.295 e. The second-order valence-electron chi connectivity index (χ2n) is 5.88. The molecule has 1 heterocycles. The van der Waals surface area contributed by atoms with Gasteiger partial charge in [-0.3, -0.25) is 9.89 Å². The van der Waals surface area contributed by atoms with Gasteiger partial charge in [-0.1, -0.05) is 29.8 Å². The van der Waals surface area contributed by atoms with Crippen LogP contribution in [0, 0.1) is 6.92 Å². The third-order valence-corrected chi connectivity index (χ3v) is 3.88. The zero-order valence-corrected chi connectivity index (χ0v) is 13.0. The number of rotatable bonds is 5. The van der Waals surface area contributed by atoms with Crippen LogP contribution in [0.4, 0.5) is 5.69 Å². The van der Waals surface area contributed by atoms with Gasteiger partial charge in [0.15, 0.2) is 0 Å². The Morgan fingerprint density at radius 3 is 2.90 bits per heavy atom. The van der Waals surface area contributed by atoms with Crippen LogP contribution in [0.25, 0.3) is 0 Å². The second kappa shape index (κ2) is 7.39. The lowest BCUT2D eigenvalue weighted by Gasteiger charge is -2.20. The van der Waals surface area contributed by atoms with Crippen molar-refractivity contribution in [2.45, 2.75) is 46.1 Å². The van der Waals surface area contributed by atoms with E-state index < -0.39 is 0 Å². The van der Waals surface area contributed by atoms with Gasteiger partial charge in [-0.05, 0) is 58.2 Å². The fourth-order valence-electron chi connectivity index (χ4n) is 2.69. The third-order valence-electron chi connectivity index (χ3n) is 3.88. The van der Waals surface area contributed by atoms with Gasteiger partial charge in [0.25, 0.3) is 0 Å². The molecular weight excluding hydrogens is 244 g/mol. The topological polar surface area (TPSA) is 15.6 Å². The minimum absolute atomic E-state index is 0.514. The number of hydrogen-bond acceptors (Lipinski definition) is 2. The maximum absolute atomic E-state index is 4.70. The molecule has 0 aromatic heterocycles. The van der Waals surface area contributed by atoms with Gasteiger partial charge in [0, 0.05) is 18.8 Å². The number of benzene rings is 1. The van der Waals surface area contributed by atoms with Crippen molar-refractivity contribution in [2.75, 3.05) is 13.1 Å². The molecule has 1 aromatic rings. The molecule has 1 aromatic carbocycles. The average Bonchev–Trinajstić information content (AvgIpc) is 2.85. The van der Waals surface area contributed by atoms with Crippen molar-refractivity contribution in [3.05, 3.63) is 41.5 Å². The molecule has 1 aliphatic rings. The highest BCUT2D eigenvalue weighted by atomic mass is 15.2. The molecule has 0 N–H and O–H groups in total. The first-order valence-electron chi connectivity index (χ1n) is 7.64. The van der Waals surface area contributed by atoms with Gasteiger partial charge in [-0.2, -0.15) is 0 Å². The number of aryl methyl sites for hydroxylation is 1. The maximum Gasteiger partial charge on any atom is 0.0655 e. The van der Waals surface area contributed by atoms with E-state index in [1.807, 2.05) is 0 Å². The molecule has 0 aliphatic carbocycles. The predicted octanol–water partition coefficient (Wildman–Crippen LogP) is 4.52. The Balaban J connectivity index is 1.94. The number of likely N-dealkylation sites (tertiary alicyclic amines) is 1. The van der Waals surface area contributed by atoms with Crippen LogP contribution in [0.2, 0.25) is 0 Å². The van der Waals surface area contributed by atoms with Crippen LogP contribution in [0.3, 0.4) is 0 Å². The van der Waals surface area contributed by atoms with Crippen LogP contribution in [0.15, 0.2) is 40.9 Å². The van der Waals surface area contributed by atoms with Crippen molar-refractivity contribution in [3.8, 4) is 0 Å². The summed E-state index contributed by atoms with van der Waals surface area (Å²) in [6.07, 6.45) is 8.16. The highest BCUT2D eigenvalue weighted by Gasteiger charge is 2.21. The van der Waals surface area contributed by atoms with Crippen molar-refractivity contribution in [1.82, 2.24) is 4.90 Å². The minimum Gasteiger partial charge on any atom is -0.295 e. The minimum atomic E-state index is 0.514. The van der Waals surface area contributed by atoms with E-state index in [-0.39, 0.29) is 0 Å². The smallest absolute Gasteiger partial charge is 0.0655 e. The number of para-hydroxylation sites is 1. The van der Waals surface area contributed by atoms with Gasteiger partial charge < -0.3 is 0 Å². The third kappa shape index (κ3) is 4.31. The summed E-state index contributed by atoms with van der Waals surface area (Å²) in [4.78, 5) is 7.26. The number of nitrogens with zero attached hydrogens (tertiary/aromatic N) is 2. The van der Waals surface area contributed by atoms with E-state index in [1.165, 1.54) is 30.5 Å². The highest BCUT2D eigenvalue weighted by Crippen LogP contribution is 2.20. The lowest BCUT2D eigenvalue weighted by molar-refractivity contribution is 0.312. The van der Waals surface area contributed by atoms with E-state index in [0.29, 0.717) is 6.04 Å². The lowest BCUT2D eigenvalue weighted by Crippen LogP contribution is -2.31. The fraction of sp³-hybridized carbons (Fsp3) is 0.500. The Morgan fingerprint density at radius 1 is 1.35 bits per heavy atom. The molecule has 1 aliphatic heterocycles. The molecule has 0 bridgehead atoms. The summed E-state index contributed by atoms with van der Waals surface area (Å²) in [7, 11) is 0.